The fraction of sp³-hybridized carbons (Fsp3) is 0.300. The summed E-state index contributed by atoms with van der Waals surface area (Å²) in [6, 6.07) is 16.0. The Kier molecular flexibility index (Phi) is 7.09. The number of amides is 1. The van der Waals surface area contributed by atoms with Gasteiger partial charge in [0.1, 0.15) is 5.75 Å². The molecule has 0 aliphatic carbocycles. The molecule has 2 aromatic carbocycles. The Morgan fingerprint density at radius 2 is 1.65 bits per heavy atom. The number of carboxylic acids is 1. The normalized spacial score (nSPS) is 14.1. The van der Waals surface area contributed by atoms with E-state index in [1.165, 1.54) is 11.8 Å². The summed E-state index contributed by atoms with van der Waals surface area (Å²) in [6.07, 6.45) is 0. The van der Waals surface area contributed by atoms with Crippen LogP contribution in [0.2, 0.25) is 0 Å². The molecule has 0 fully saturated rings. The number of rotatable bonds is 8. The van der Waals surface area contributed by atoms with Crippen molar-refractivity contribution in [2.24, 2.45) is 5.92 Å². The fourth-order valence-corrected chi connectivity index (χ4v) is 3.36. The van der Waals surface area contributed by atoms with Crippen LogP contribution in [-0.4, -0.2) is 29.3 Å². The number of thioether (sulfide) groups is 1. The van der Waals surface area contributed by atoms with Gasteiger partial charge in [-0.15, -0.1) is 11.8 Å². The third-order valence-electron chi connectivity index (χ3n) is 4.09. The number of methoxy groups -OCH3 is 1. The molecule has 0 saturated heterocycles. The van der Waals surface area contributed by atoms with E-state index in [1.807, 2.05) is 54.6 Å². The van der Waals surface area contributed by atoms with E-state index < -0.39 is 17.9 Å². The van der Waals surface area contributed by atoms with E-state index in [0.717, 1.165) is 16.2 Å². The van der Waals surface area contributed by atoms with E-state index in [9.17, 15) is 14.7 Å². The molecule has 0 bridgehead atoms. The number of aliphatic carboxylic acids is 1. The number of nitrogens with one attached hydrogen (secondary N) is 1. The summed E-state index contributed by atoms with van der Waals surface area (Å²) < 4.78 is 5.13. The van der Waals surface area contributed by atoms with Gasteiger partial charge in [0.15, 0.2) is 0 Å². The van der Waals surface area contributed by atoms with Crippen LogP contribution in [0.5, 0.6) is 5.75 Å². The summed E-state index contributed by atoms with van der Waals surface area (Å²) in [5, 5.41) is 11.9. The van der Waals surface area contributed by atoms with Crippen molar-refractivity contribution in [2.75, 3.05) is 7.11 Å². The van der Waals surface area contributed by atoms with E-state index in [4.69, 9.17) is 4.74 Å². The van der Waals surface area contributed by atoms with Gasteiger partial charge in [0.25, 0.3) is 0 Å². The van der Waals surface area contributed by atoms with Crippen molar-refractivity contribution in [3.05, 3.63) is 60.2 Å². The minimum absolute atomic E-state index is 0.201. The Labute approximate surface area is 157 Å². The van der Waals surface area contributed by atoms with Gasteiger partial charge < -0.3 is 15.2 Å². The number of carbonyl (C=O) groups is 2. The molecule has 0 heterocycles. The number of hydrogen-bond acceptors (Lipinski definition) is 4. The number of carbonyl (C=O) groups excluding carboxylic acids is 1. The number of carboxylic acid groups (broad SMARTS) is 1. The second kappa shape index (κ2) is 9.29. The summed E-state index contributed by atoms with van der Waals surface area (Å²) in [5.41, 5.74) is 0.775. The molecule has 3 atom stereocenters. The highest BCUT2D eigenvalue weighted by atomic mass is 32.2. The molecule has 5 nitrogen and oxygen atoms in total. The zero-order valence-corrected chi connectivity index (χ0v) is 15.8. The van der Waals surface area contributed by atoms with Gasteiger partial charge in [0.05, 0.1) is 24.3 Å². The molecule has 0 aliphatic rings. The number of ether oxygens (including phenoxy) is 1. The van der Waals surface area contributed by atoms with Gasteiger partial charge in [0.2, 0.25) is 5.91 Å². The summed E-state index contributed by atoms with van der Waals surface area (Å²) in [7, 11) is 1.60. The lowest BCUT2D eigenvalue weighted by Crippen LogP contribution is -2.39. The van der Waals surface area contributed by atoms with Crippen molar-refractivity contribution in [2.45, 2.75) is 30.0 Å². The van der Waals surface area contributed by atoms with Gasteiger partial charge >= 0.3 is 5.97 Å². The Morgan fingerprint density at radius 1 is 1.04 bits per heavy atom. The van der Waals surface area contributed by atoms with Crippen LogP contribution in [0.1, 0.15) is 25.5 Å². The third-order valence-corrected chi connectivity index (χ3v) is 5.20. The zero-order valence-electron chi connectivity index (χ0n) is 15.0. The predicted molar refractivity (Wildman–Crippen MR) is 102 cm³/mol. The van der Waals surface area contributed by atoms with Crippen LogP contribution in [0.25, 0.3) is 0 Å². The van der Waals surface area contributed by atoms with E-state index in [1.54, 1.807) is 21.0 Å². The molecule has 0 aliphatic heterocycles. The summed E-state index contributed by atoms with van der Waals surface area (Å²) in [6.45, 7) is 3.40. The minimum atomic E-state index is -0.949. The Balaban J connectivity index is 2.08. The van der Waals surface area contributed by atoms with Crippen LogP contribution in [0.4, 0.5) is 0 Å². The summed E-state index contributed by atoms with van der Waals surface area (Å²) >= 11 is 1.41. The molecule has 3 unspecified atom stereocenters. The van der Waals surface area contributed by atoms with Crippen LogP contribution >= 0.6 is 11.8 Å². The standard InChI is InChI=1S/C20H23NO4S/c1-13(20(23)24)18(15-7-5-4-6-8-15)21-19(22)14(2)26-17-11-9-16(25-3)10-12-17/h4-14,18H,1-3H3,(H,21,22)(H,23,24). The monoisotopic (exact) mass is 373 g/mol. The molecule has 138 valence electrons. The first-order valence-corrected chi connectivity index (χ1v) is 9.19. The fourth-order valence-electron chi connectivity index (χ4n) is 2.48. The van der Waals surface area contributed by atoms with Crippen molar-refractivity contribution < 1.29 is 19.4 Å². The van der Waals surface area contributed by atoms with Crippen molar-refractivity contribution in [3.8, 4) is 5.75 Å². The maximum absolute atomic E-state index is 12.6. The van der Waals surface area contributed by atoms with Gasteiger partial charge in [0, 0.05) is 4.90 Å². The van der Waals surface area contributed by atoms with Crippen LogP contribution in [-0.2, 0) is 9.59 Å². The molecule has 2 N–H and O–H groups in total. The topological polar surface area (TPSA) is 75.6 Å². The van der Waals surface area contributed by atoms with Crippen LogP contribution in [0.3, 0.4) is 0 Å². The first-order valence-electron chi connectivity index (χ1n) is 8.31. The van der Waals surface area contributed by atoms with Crippen molar-refractivity contribution >= 4 is 23.6 Å². The molecular weight excluding hydrogens is 350 g/mol. The molecule has 26 heavy (non-hydrogen) atoms. The average Bonchev–Trinajstić information content (AvgIpc) is 2.66. The largest absolute Gasteiger partial charge is 0.497 e. The van der Waals surface area contributed by atoms with E-state index in [-0.39, 0.29) is 11.2 Å². The maximum Gasteiger partial charge on any atom is 0.308 e. The van der Waals surface area contributed by atoms with Crippen molar-refractivity contribution in [1.29, 1.82) is 0 Å². The van der Waals surface area contributed by atoms with Gasteiger partial charge in [-0.2, -0.15) is 0 Å². The lowest BCUT2D eigenvalue weighted by Gasteiger charge is -2.24. The summed E-state index contributed by atoms with van der Waals surface area (Å²) in [4.78, 5) is 25.0. The van der Waals surface area contributed by atoms with E-state index >= 15 is 0 Å². The third kappa shape index (κ3) is 5.26. The SMILES string of the molecule is COc1ccc(SC(C)C(=O)NC(c2ccccc2)C(C)C(=O)O)cc1. The Morgan fingerprint density at radius 3 is 2.19 bits per heavy atom. The predicted octanol–water partition coefficient (Wildman–Crippen LogP) is 3.75. The Bertz CT molecular complexity index is 733. The molecule has 2 rings (SSSR count). The van der Waals surface area contributed by atoms with Crippen molar-refractivity contribution in [1.82, 2.24) is 5.32 Å². The summed E-state index contributed by atoms with van der Waals surface area (Å²) in [5.74, 6) is -1.13. The number of benzene rings is 2. The molecule has 2 aromatic rings. The number of hydrogen-bond donors (Lipinski definition) is 2. The molecular formula is C20H23NO4S. The highest BCUT2D eigenvalue weighted by Gasteiger charge is 2.28. The minimum Gasteiger partial charge on any atom is -0.497 e. The van der Waals surface area contributed by atoms with Gasteiger partial charge in [-0.25, -0.2) is 0 Å². The van der Waals surface area contributed by atoms with Crippen LogP contribution in [0.15, 0.2) is 59.5 Å². The molecule has 0 radical (unpaired) electrons. The molecule has 6 heteroatoms. The second-order valence-electron chi connectivity index (χ2n) is 5.96. The average molecular weight is 373 g/mol. The molecule has 1 amide bonds. The second-order valence-corrected chi connectivity index (χ2v) is 7.37. The molecule has 0 spiro atoms. The Hall–Kier alpha value is -2.47. The lowest BCUT2D eigenvalue weighted by molar-refractivity contribution is -0.142. The van der Waals surface area contributed by atoms with Gasteiger partial charge in [-0.3, -0.25) is 9.59 Å². The molecule has 0 aromatic heterocycles. The van der Waals surface area contributed by atoms with E-state index in [0.29, 0.717) is 0 Å². The highest BCUT2D eigenvalue weighted by Crippen LogP contribution is 2.27. The first-order chi connectivity index (χ1) is 12.4. The van der Waals surface area contributed by atoms with Crippen molar-refractivity contribution in [3.63, 3.8) is 0 Å². The molecule has 0 saturated carbocycles. The quantitative estimate of drug-likeness (QED) is 0.689. The maximum atomic E-state index is 12.6. The lowest BCUT2D eigenvalue weighted by atomic mass is 9.94. The van der Waals surface area contributed by atoms with Gasteiger partial charge in [-0.1, -0.05) is 30.3 Å². The van der Waals surface area contributed by atoms with E-state index in [2.05, 4.69) is 5.32 Å². The highest BCUT2D eigenvalue weighted by molar-refractivity contribution is 8.00. The smallest absolute Gasteiger partial charge is 0.308 e. The first kappa shape index (κ1) is 19.8. The zero-order chi connectivity index (χ0) is 19.1. The van der Waals surface area contributed by atoms with Gasteiger partial charge in [-0.05, 0) is 43.7 Å². The van der Waals surface area contributed by atoms with Crippen LogP contribution in [0, 0.1) is 5.92 Å². The van der Waals surface area contributed by atoms with Crippen LogP contribution < -0.4 is 10.1 Å².